The number of thiazole rings is 1. The molecule has 0 radical (unpaired) electrons. The Labute approximate surface area is 185 Å². The van der Waals surface area contributed by atoms with Crippen LogP contribution in [0.5, 0.6) is 0 Å². The summed E-state index contributed by atoms with van der Waals surface area (Å²) in [6.45, 7) is 2.51. The molecule has 2 aliphatic rings. The number of hydrogen-bond acceptors (Lipinski definition) is 7. The summed E-state index contributed by atoms with van der Waals surface area (Å²) in [7, 11) is 0. The maximum Gasteiger partial charge on any atom is 0.227 e. The van der Waals surface area contributed by atoms with Crippen LogP contribution in [0, 0.1) is 6.92 Å². The van der Waals surface area contributed by atoms with E-state index in [1.165, 1.54) is 24.2 Å². The zero-order valence-electron chi connectivity index (χ0n) is 17.4. The number of anilines is 2. The van der Waals surface area contributed by atoms with Gasteiger partial charge in [0.1, 0.15) is 10.6 Å². The minimum absolute atomic E-state index is 0.0184. The first kappa shape index (κ1) is 20.1. The summed E-state index contributed by atoms with van der Waals surface area (Å²) in [5.41, 5.74) is 3.08. The maximum absolute atomic E-state index is 11.7. The molecule has 2 aromatic heterocycles. The van der Waals surface area contributed by atoms with Gasteiger partial charge >= 0.3 is 0 Å². The first-order valence-electron chi connectivity index (χ1n) is 10.7. The summed E-state index contributed by atoms with van der Waals surface area (Å²) >= 11 is 1.48. The van der Waals surface area contributed by atoms with Crippen molar-refractivity contribution < 1.29 is 9.90 Å². The highest BCUT2D eigenvalue weighted by Crippen LogP contribution is 2.40. The normalized spacial score (nSPS) is 21.4. The number of aryl methyl sites for hydroxylation is 1. The van der Waals surface area contributed by atoms with Crippen LogP contribution in [0.4, 0.5) is 11.6 Å². The van der Waals surface area contributed by atoms with Gasteiger partial charge in [0, 0.05) is 49.1 Å². The van der Waals surface area contributed by atoms with Gasteiger partial charge in [0.05, 0.1) is 4.88 Å². The number of carbonyl (C=O) groups is 1. The molecular formula is C23H25N5O2S. The Balaban J connectivity index is 1.39. The van der Waals surface area contributed by atoms with Gasteiger partial charge in [0.15, 0.2) is 0 Å². The number of aromatic nitrogens is 3. The third-order valence-electron chi connectivity index (χ3n) is 5.82. The van der Waals surface area contributed by atoms with E-state index in [9.17, 15) is 9.90 Å². The number of nitrogens with one attached hydrogen (secondary N) is 2. The van der Waals surface area contributed by atoms with E-state index in [2.05, 4.69) is 43.8 Å². The molecule has 0 bridgehead atoms. The van der Waals surface area contributed by atoms with Gasteiger partial charge in [-0.2, -0.15) is 0 Å². The van der Waals surface area contributed by atoms with Crippen LogP contribution >= 0.6 is 11.3 Å². The molecule has 1 aromatic carbocycles. The average molecular weight is 436 g/mol. The molecular weight excluding hydrogens is 410 g/mol. The van der Waals surface area contributed by atoms with E-state index in [1.54, 1.807) is 6.20 Å². The summed E-state index contributed by atoms with van der Waals surface area (Å²) < 4.78 is 0. The van der Waals surface area contributed by atoms with Crippen LogP contribution in [0.3, 0.4) is 0 Å². The maximum atomic E-state index is 11.7. The molecule has 1 atom stereocenters. The zero-order chi connectivity index (χ0) is 21.4. The van der Waals surface area contributed by atoms with E-state index < -0.39 is 5.60 Å². The van der Waals surface area contributed by atoms with Crippen molar-refractivity contribution in [3.05, 3.63) is 52.9 Å². The molecule has 3 heterocycles. The lowest BCUT2D eigenvalue weighted by atomic mass is 9.96. The van der Waals surface area contributed by atoms with Crippen molar-refractivity contribution in [2.24, 2.45) is 0 Å². The monoisotopic (exact) mass is 435 g/mol. The topological polar surface area (TPSA) is 100 Å². The molecule has 1 amide bonds. The molecule has 1 aliphatic heterocycles. The van der Waals surface area contributed by atoms with Crippen LogP contribution in [0.2, 0.25) is 0 Å². The van der Waals surface area contributed by atoms with Gasteiger partial charge < -0.3 is 15.7 Å². The molecule has 3 N–H and O–H groups in total. The summed E-state index contributed by atoms with van der Waals surface area (Å²) in [6.07, 6.45) is 7.19. The van der Waals surface area contributed by atoms with Crippen molar-refractivity contribution in [2.75, 3.05) is 11.9 Å². The first-order valence-corrected chi connectivity index (χ1v) is 11.5. The van der Waals surface area contributed by atoms with Crippen LogP contribution in [0.15, 0.2) is 36.7 Å². The van der Waals surface area contributed by atoms with Gasteiger partial charge in [-0.05, 0) is 55.5 Å². The van der Waals surface area contributed by atoms with Crippen LogP contribution in [-0.2, 0) is 10.4 Å². The van der Waals surface area contributed by atoms with Crippen molar-refractivity contribution in [1.82, 2.24) is 20.3 Å². The van der Waals surface area contributed by atoms with E-state index in [-0.39, 0.29) is 5.91 Å². The Morgan fingerprint density at radius 3 is 2.94 bits per heavy atom. The van der Waals surface area contributed by atoms with Crippen LogP contribution in [0.25, 0.3) is 10.4 Å². The van der Waals surface area contributed by atoms with Gasteiger partial charge in [-0.3, -0.25) is 4.79 Å². The molecule has 160 valence electrons. The predicted molar refractivity (Wildman–Crippen MR) is 120 cm³/mol. The summed E-state index contributed by atoms with van der Waals surface area (Å²) in [5.74, 6) is 1.17. The van der Waals surface area contributed by atoms with Crippen LogP contribution < -0.4 is 10.6 Å². The van der Waals surface area contributed by atoms with Gasteiger partial charge in [-0.1, -0.05) is 6.07 Å². The SMILES string of the molecule is Cc1cc(Nc2nccc(C3CC3)n2)cc(-c2cnc(C3(O)CCNC(=O)CC3)s2)c1. The van der Waals surface area contributed by atoms with Gasteiger partial charge in [-0.25, -0.2) is 15.0 Å². The summed E-state index contributed by atoms with van der Waals surface area (Å²) in [6, 6.07) is 8.21. The number of benzene rings is 1. The Kier molecular flexibility index (Phi) is 5.19. The third-order valence-corrected chi connectivity index (χ3v) is 7.06. The van der Waals surface area contributed by atoms with Crippen molar-refractivity contribution in [2.45, 2.75) is 50.5 Å². The van der Waals surface area contributed by atoms with Crippen molar-refractivity contribution in [3.63, 3.8) is 0 Å². The fraction of sp³-hybridized carbons (Fsp3) is 0.391. The lowest BCUT2D eigenvalue weighted by Gasteiger charge is -2.22. The molecule has 5 rings (SSSR count). The van der Waals surface area contributed by atoms with E-state index in [0.717, 1.165) is 27.4 Å². The summed E-state index contributed by atoms with van der Waals surface area (Å²) in [5, 5.41) is 17.9. The average Bonchev–Trinajstić information content (AvgIpc) is 3.50. The van der Waals surface area contributed by atoms with Crippen molar-refractivity contribution >= 4 is 28.9 Å². The molecule has 1 saturated heterocycles. The predicted octanol–water partition coefficient (Wildman–Crippen LogP) is 4.02. The second kappa shape index (κ2) is 8.01. The molecule has 8 heteroatoms. The van der Waals surface area contributed by atoms with Crippen molar-refractivity contribution in [3.8, 4) is 10.4 Å². The number of nitrogens with zero attached hydrogens (tertiary/aromatic N) is 3. The van der Waals surface area contributed by atoms with Crippen LogP contribution in [0.1, 0.15) is 54.3 Å². The fourth-order valence-electron chi connectivity index (χ4n) is 3.94. The lowest BCUT2D eigenvalue weighted by Crippen LogP contribution is -2.27. The zero-order valence-corrected chi connectivity index (χ0v) is 18.2. The standard InChI is InChI=1S/C23H25N5O2S/c1-14-10-16(12-17(11-14)27-22-25-8-5-18(28-22)15-2-3-15)19-13-26-21(31-19)23(30)6-4-20(29)24-9-7-23/h5,8,10-13,15,30H,2-4,6-7,9H2,1H3,(H,24,29)(H,25,27,28). The Morgan fingerprint density at radius 1 is 1.23 bits per heavy atom. The molecule has 1 saturated carbocycles. The third kappa shape index (κ3) is 4.45. The number of aliphatic hydroxyl groups is 1. The summed E-state index contributed by atoms with van der Waals surface area (Å²) in [4.78, 5) is 26.2. The van der Waals surface area contributed by atoms with E-state index in [1.807, 2.05) is 19.2 Å². The van der Waals surface area contributed by atoms with E-state index in [4.69, 9.17) is 0 Å². The fourth-order valence-corrected chi connectivity index (χ4v) is 4.99. The highest BCUT2D eigenvalue weighted by molar-refractivity contribution is 7.15. The van der Waals surface area contributed by atoms with E-state index >= 15 is 0 Å². The molecule has 0 spiro atoms. The smallest absolute Gasteiger partial charge is 0.227 e. The molecule has 1 unspecified atom stereocenters. The molecule has 7 nitrogen and oxygen atoms in total. The highest BCUT2D eigenvalue weighted by atomic mass is 32.1. The van der Waals surface area contributed by atoms with Gasteiger partial charge in [0.2, 0.25) is 11.9 Å². The molecule has 31 heavy (non-hydrogen) atoms. The number of amides is 1. The Hall–Kier alpha value is -2.84. The van der Waals surface area contributed by atoms with Crippen LogP contribution in [-0.4, -0.2) is 32.5 Å². The quantitative estimate of drug-likeness (QED) is 0.560. The molecule has 3 aromatic rings. The van der Waals surface area contributed by atoms with Crippen molar-refractivity contribution in [1.29, 1.82) is 0 Å². The second-order valence-electron chi connectivity index (χ2n) is 8.45. The van der Waals surface area contributed by atoms with Gasteiger partial charge in [-0.15, -0.1) is 11.3 Å². The molecule has 2 fully saturated rings. The van der Waals surface area contributed by atoms with Gasteiger partial charge in [0.25, 0.3) is 0 Å². The van der Waals surface area contributed by atoms with E-state index in [0.29, 0.717) is 42.7 Å². The lowest BCUT2D eigenvalue weighted by molar-refractivity contribution is -0.121. The second-order valence-corrected chi connectivity index (χ2v) is 9.48. The first-order chi connectivity index (χ1) is 15.0. The number of rotatable bonds is 5. The number of hydrogen-bond donors (Lipinski definition) is 3. The highest BCUT2D eigenvalue weighted by Gasteiger charge is 2.35. The Morgan fingerprint density at radius 2 is 2.10 bits per heavy atom. The molecule has 1 aliphatic carbocycles. The Bertz CT molecular complexity index is 1130. The minimum Gasteiger partial charge on any atom is -0.383 e. The largest absolute Gasteiger partial charge is 0.383 e. The number of carbonyl (C=O) groups excluding carboxylic acids is 1. The minimum atomic E-state index is -1.07.